The van der Waals surface area contributed by atoms with Gasteiger partial charge in [-0.15, -0.1) is 0 Å². The van der Waals surface area contributed by atoms with E-state index in [2.05, 4.69) is 10.6 Å². The minimum absolute atomic E-state index is 0.00713. The first-order valence-electron chi connectivity index (χ1n) is 5.09. The molecule has 0 radical (unpaired) electrons. The number of aliphatic hydroxyl groups excluding tert-OH is 1. The largest absolute Gasteiger partial charge is 0.394 e. The van der Waals surface area contributed by atoms with Gasteiger partial charge in [-0.05, 0) is 42.9 Å². The maximum Gasteiger partial charge on any atom is 0.171 e. The number of hydrogen-bond acceptors (Lipinski definition) is 2. The summed E-state index contributed by atoms with van der Waals surface area (Å²) in [7, 11) is 0. The highest BCUT2D eigenvalue weighted by Gasteiger charge is 2.05. The van der Waals surface area contributed by atoms with Gasteiger partial charge >= 0.3 is 0 Å². The van der Waals surface area contributed by atoms with Crippen molar-refractivity contribution in [2.75, 3.05) is 11.9 Å². The number of aliphatic hydroxyl groups is 1. The van der Waals surface area contributed by atoms with Crippen molar-refractivity contribution in [2.45, 2.75) is 19.4 Å². The molecule has 88 valence electrons. The molecule has 3 N–H and O–H groups in total. The van der Waals surface area contributed by atoms with E-state index in [-0.39, 0.29) is 12.6 Å². The van der Waals surface area contributed by atoms with Gasteiger partial charge in [-0.1, -0.05) is 18.5 Å². The maximum absolute atomic E-state index is 9.01. The first-order valence-corrected chi connectivity index (χ1v) is 5.88. The minimum Gasteiger partial charge on any atom is -0.394 e. The van der Waals surface area contributed by atoms with E-state index < -0.39 is 0 Å². The van der Waals surface area contributed by atoms with Gasteiger partial charge in [0.25, 0.3) is 0 Å². The van der Waals surface area contributed by atoms with Crippen LogP contribution in [0.2, 0.25) is 5.02 Å². The Kier molecular flexibility index (Phi) is 5.52. The topological polar surface area (TPSA) is 44.3 Å². The van der Waals surface area contributed by atoms with Crippen molar-refractivity contribution in [3.63, 3.8) is 0 Å². The molecule has 1 aromatic carbocycles. The standard InChI is InChI=1S/C11H15ClN2OS/c1-2-9(7-15)13-11(16)14-10-5-3-8(12)4-6-10/h3-6,9,15H,2,7H2,1H3,(H2,13,14,16)/t9-/m1/s1. The summed E-state index contributed by atoms with van der Waals surface area (Å²) in [6.45, 7) is 2.05. The van der Waals surface area contributed by atoms with Crippen LogP contribution in [-0.4, -0.2) is 22.9 Å². The fourth-order valence-electron chi connectivity index (χ4n) is 1.16. The SMILES string of the molecule is CC[C@H](CO)NC(=S)Nc1ccc(Cl)cc1. The summed E-state index contributed by atoms with van der Waals surface area (Å²) in [5.41, 5.74) is 0.870. The molecule has 0 bridgehead atoms. The smallest absolute Gasteiger partial charge is 0.171 e. The Morgan fingerprint density at radius 3 is 2.56 bits per heavy atom. The van der Waals surface area contributed by atoms with Crippen molar-refractivity contribution >= 4 is 34.6 Å². The number of hydrogen-bond donors (Lipinski definition) is 3. The average molecular weight is 259 g/mol. The molecule has 16 heavy (non-hydrogen) atoms. The summed E-state index contributed by atoms with van der Waals surface area (Å²) >= 11 is 10.9. The molecule has 1 aromatic rings. The van der Waals surface area contributed by atoms with E-state index in [1.165, 1.54) is 0 Å². The molecule has 0 aliphatic carbocycles. The molecule has 0 unspecified atom stereocenters. The Bertz CT molecular complexity index is 338. The lowest BCUT2D eigenvalue weighted by atomic mass is 10.2. The molecule has 1 atom stereocenters. The Morgan fingerprint density at radius 1 is 1.44 bits per heavy atom. The molecular formula is C11H15ClN2OS. The molecule has 1 rings (SSSR count). The summed E-state index contributed by atoms with van der Waals surface area (Å²) in [6.07, 6.45) is 0.818. The normalized spacial score (nSPS) is 11.9. The van der Waals surface area contributed by atoms with Crippen molar-refractivity contribution in [3.05, 3.63) is 29.3 Å². The lowest BCUT2D eigenvalue weighted by molar-refractivity contribution is 0.253. The van der Waals surface area contributed by atoms with Gasteiger partial charge in [0.2, 0.25) is 0 Å². The van der Waals surface area contributed by atoms with Gasteiger partial charge in [0.15, 0.2) is 5.11 Å². The summed E-state index contributed by atoms with van der Waals surface area (Å²) in [5, 5.41) is 16.2. The number of halogens is 1. The number of rotatable bonds is 4. The third-order valence-electron chi connectivity index (χ3n) is 2.15. The first-order chi connectivity index (χ1) is 7.65. The van der Waals surface area contributed by atoms with Crippen LogP contribution in [0, 0.1) is 0 Å². The van der Waals surface area contributed by atoms with Gasteiger partial charge in [0.1, 0.15) is 0 Å². The van der Waals surface area contributed by atoms with E-state index in [1.807, 2.05) is 19.1 Å². The van der Waals surface area contributed by atoms with E-state index in [4.69, 9.17) is 28.9 Å². The first kappa shape index (κ1) is 13.2. The zero-order chi connectivity index (χ0) is 12.0. The highest BCUT2D eigenvalue weighted by molar-refractivity contribution is 7.80. The van der Waals surface area contributed by atoms with Gasteiger partial charge < -0.3 is 15.7 Å². The van der Waals surface area contributed by atoms with Crippen molar-refractivity contribution in [1.82, 2.24) is 5.32 Å². The van der Waals surface area contributed by atoms with Crippen LogP contribution in [0.4, 0.5) is 5.69 Å². The maximum atomic E-state index is 9.01. The van der Waals surface area contributed by atoms with Gasteiger partial charge in [-0.3, -0.25) is 0 Å². The molecule has 0 saturated carbocycles. The molecule has 0 heterocycles. The van der Waals surface area contributed by atoms with Gasteiger partial charge in [0, 0.05) is 10.7 Å². The second-order valence-corrected chi connectivity index (χ2v) is 4.24. The zero-order valence-corrected chi connectivity index (χ0v) is 10.6. The second kappa shape index (κ2) is 6.68. The Balaban J connectivity index is 2.48. The molecule has 0 aromatic heterocycles. The Morgan fingerprint density at radius 2 is 2.06 bits per heavy atom. The van der Waals surface area contributed by atoms with Crippen molar-refractivity contribution in [1.29, 1.82) is 0 Å². The summed E-state index contributed by atoms with van der Waals surface area (Å²) in [6, 6.07) is 7.25. The van der Waals surface area contributed by atoms with Crippen LogP contribution in [0.25, 0.3) is 0 Å². The quantitative estimate of drug-likeness (QED) is 0.726. The summed E-state index contributed by atoms with van der Waals surface area (Å²) in [4.78, 5) is 0. The zero-order valence-electron chi connectivity index (χ0n) is 9.03. The van der Waals surface area contributed by atoms with Crippen LogP contribution < -0.4 is 10.6 Å². The number of benzene rings is 1. The Labute approximate surface area is 106 Å². The molecule has 0 amide bonds. The highest BCUT2D eigenvalue weighted by Crippen LogP contribution is 2.13. The molecule has 0 saturated heterocycles. The third-order valence-corrected chi connectivity index (χ3v) is 2.62. The predicted octanol–water partition coefficient (Wildman–Crippen LogP) is 2.40. The van der Waals surface area contributed by atoms with Crippen LogP contribution in [0.15, 0.2) is 24.3 Å². The van der Waals surface area contributed by atoms with Crippen molar-refractivity contribution < 1.29 is 5.11 Å². The molecule has 0 spiro atoms. The van der Waals surface area contributed by atoms with Crippen molar-refractivity contribution in [3.8, 4) is 0 Å². The second-order valence-electron chi connectivity index (χ2n) is 3.39. The van der Waals surface area contributed by atoms with Crippen molar-refractivity contribution in [2.24, 2.45) is 0 Å². The fourth-order valence-corrected chi connectivity index (χ4v) is 1.57. The monoisotopic (exact) mass is 258 g/mol. The predicted molar refractivity (Wildman–Crippen MR) is 72.0 cm³/mol. The van der Waals surface area contributed by atoms with Crippen LogP contribution in [0.5, 0.6) is 0 Å². The third kappa shape index (κ3) is 4.35. The van der Waals surface area contributed by atoms with E-state index in [9.17, 15) is 0 Å². The summed E-state index contributed by atoms with van der Waals surface area (Å²) < 4.78 is 0. The van der Waals surface area contributed by atoms with E-state index in [1.54, 1.807) is 12.1 Å². The van der Waals surface area contributed by atoms with E-state index in [0.717, 1.165) is 12.1 Å². The lowest BCUT2D eigenvalue weighted by Crippen LogP contribution is -2.39. The fraction of sp³-hybridized carbons (Fsp3) is 0.364. The van der Waals surface area contributed by atoms with Crippen LogP contribution in [0.1, 0.15) is 13.3 Å². The molecule has 0 aliphatic rings. The van der Waals surface area contributed by atoms with Crippen LogP contribution in [-0.2, 0) is 0 Å². The number of nitrogens with one attached hydrogen (secondary N) is 2. The molecule has 3 nitrogen and oxygen atoms in total. The average Bonchev–Trinajstić information content (AvgIpc) is 2.29. The molecule has 0 aliphatic heterocycles. The van der Waals surface area contributed by atoms with Crippen LogP contribution in [0.3, 0.4) is 0 Å². The van der Waals surface area contributed by atoms with E-state index in [0.29, 0.717) is 10.1 Å². The number of thiocarbonyl (C=S) groups is 1. The van der Waals surface area contributed by atoms with Crippen LogP contribution >= 0.6 is 23.8 Å². The minimum atomic E-state index is -0.00713. The number of anilines is 1. The molecule has 0 fully saturated rings. The van der Waals surface area contributed by atoms with E-state index >= 15 is 0 Å². The van der Waals surface area contributed by atoms with Gasteiger partial charge in [-0.25, -0.2) is 0 Å². The highest BCUT2D eigenvalue weighted by atomic mass is 35.5. The van der Waals surface area contributed by atoms with Gasteiger partial charge in [0.05, 0.1) is 12.6 Å². The van der Waals surface area contributed by atoms with Gasteiger partial charge in [-0.2, -0.15) is 0 Å². The lowest BCUT2D eigenvalue weighted by Gasteiger charge is -2.17. The molecule has 5 heteroatoms. The Hall–Kier alpha value is -0.840. The summed E-state index contributed by atoms with van der Waals surface area (Å²) in [5.74, 6) is 0. The molecular weight excluding hydrogens is 244 g/mol.